The molecule has 1 N–H and O–H groups in total. The van der Waals surface area contributed by atoms with Gasteiger partial charge >= 0.3 is 0 Å². The van der Waals surface area contributed by atoms with E-state index >= 15 is 0 Å². The van der Waals surface area contributed by atoms with E-state index in [9.17, 15) is 0 Å². The van der Waals surface area contributed by atoms with Gasteiger partial charge in [-0.25, -0.2) is 4.98 Å². The lowest BCUT2D eigenvalue weighted by Gasteiger charge is -1.90. The topological polar surface area (TPSA) is 41.6 Å². The van der Waals surface area contributed by atoms with Crippen LogP contribution < -0.4 is 0 Å². The molecule has 0 fully saturated rings. The second kappa shape index (κ2) is 2.66. The number of fused-ring (bicyclic) bond motifs is 1. The highest BCUT2D eigenvalue weighted by Gasteiger charge is 1.98. The molecule has 0 amide bonds. The van der Waals surface area contributed by atoms with Gasteiger partial charge in [-0.3, -0.25) is 5.10 Å². The van der Waals surface area contributed by atoms with Gasteiger partial charge in [0.2, 0.25) is 0 Å². The molecule has 2 aliphatic heterocycles. The molecule has 3 nitrogen and oxygen atoms in total. The third-order valence-electron chi connectivity index (χ3n) is 1.23. The predicted molar refractivity (Wildman–Crippen MR) is 40.3 cm³/mol. The minimum absolute atomic E-state index is 0. The first kappa shape index (κ1) is 7.02. The predicted octanol–water partition coefficient (Wildman–Crippen LogP) is 1.33. The van der Waals surface area contributed by atoms with Gasteiger partial charge in [0.15, 0.2) is 5.82 Å². The summed E-state index contributed by atoms with van der Waals surface area (Å²) in [5.74, 6) is 0.845. The molecule has 0 aromatic carbocycles. The van der Waals surface area contributed by atoms with Crippen LogP contribution in [0.4, 0.5) is 0 Å². The molecule has 0 aliphatic carbocycles. The fourth-order valence-electron chi connectivity index (χ4n) is 0.789. The maximum absolute atomic E-state index is 4.00. The number of aromatic nitrogens is 3. The molecule has 0 bridgehead atoms. The van der Waals surface area contributed by atoms with Crippen LogP contribution in [0.3, 0.4) is 0 Å². The minimum atomic E-state index is 0. The van der Waals surface area contributed by atoms with E-state index in [-0.39, 0.29) is 12.4 Å². The van der Waals surface area contributed by atoms with Crippen LogP contribution in [-0.2, 0) is 0 Å². The summed E-state index contributed by atoms with van der Waals surface area (Å²) in [5.41, 5.74) is 1.10. The summed E-state index contributed by atoms with van der Waals surface area (Å²) in [7, 11) is 0. The van der Waals surface area contributed by atoms with E-state index in [1.165, 1.54) is 0 Å². The SMILES string of the molecule is Cl.c1cc2ccnc-2[nH]n1. The number of nitrogens with one attached hydrogen (secondary N) is 1. The highest BCUT2D eigenvalue weighted by atomic mass is 35.5. The molecular weight excluding hydrogens is 150 g/mol. The van der Waals surface area contributed by atoms with Gasteiger partial charge in [-0.05, 0) is 12.1 Å². The van der Waals surface area contributed by atoms with Crippen molar-refractivity contribution in [3.63, 3.8) is 0 Å². The van der Waals surface area contributed by atoms with Gasteiger partial charge in [0.1, 0.15) is 0 Å². The number of H-pyrrole nitrogens is 1. The van der Waals surface area contributed by atoms with Crippen LogP contribution in [0.1, 0.15) is 0 Å². The van der Waals surface area contributed by atoms with Gasteiger partial charge in [0, 0.05) is 18.0 Å². The summed E-state index contributed by atoms with van der Waals surface area (Å²) in [4.78, 5) is 4.00. The second-order valence-electron chi connectivity index (χ2n) is 1.81. The summed E-state index contributed by atoms with van der Waals surface area (Å²) in [5, 5.41) is 6.57. The van der Waals surface area contributed by atoms with E-state index in [4.69, 9.17) is 0 Å². The lowest BCUT2D eigenvalue weighted by molar-refractivity contribution is 1.01. The molecule has 0 atom stereocenters. The summed E-state index contributed by atoms with van der Waals surface area (Å²) >= 11 is 0. The average Bonchev–Trinajstić information content (AvgIpc) is 2.33. The first-order valence-corrected chi connectivity index (χ1v) is 2.71. The zero-order valence-electron chi connectivity index (χ0n) is 5.11. The van der Waals surface area contributed by atoms with Crippen molar-refractivity contribution in [1.29, 1.82) is 0 Å². The summed E-state index contributed by atoms with van der Waals surface area (Å²) in [6.07, 6.45) is 3.47. The molecule has 2 aliphatic rings. The average molecular weight is 156 g/mol. The summed E-state index contributed by atoms with van der Waals surface area (Å²) < 4.78 is 0. The van der Waals surface area contributed by atoms with E-state index < -0.39 is 0 Å². The maximum atomic E-state index is 4.00. The van der Waals surface area contributed by atoms with E-state index in [1.807, 2.05) is 12.1 Å². The molecule has 0 unspecified atom stereocenters. The van der Waals surface area contributed by atoms with Gasteiger partial charge in [0.25, 0.3) is 0 Å². The fraction of sp³-hybridized carbons (Fsp3) is 0. The maximum Gasteiger partial charge on any atom is 0.153 e. The zero-order valence-corrected chi connectivity index (χ0v) is 5.93. The Balaban J connectivity index is 0.000000500. The highest BCUT2D eigenvalue weighted by Crippen LogP contribution is 2.12. The molecule has 0 spiro atoms. The largest absolute Gasteiger partial charge is 0.261 e. The Kier molecular flexibility index (Phi) is 1.87. The van der Waals surface area contributed by atoms with Gasteiger partial charge in [-0.2, -0.15) is 5.10 Å². The minimum Gasteiger partial charge on any atom is -0.261 e. The van der Waals surface area contributed by atoms with E-state index in [0.717, 1.165) is 11.4 Å². The fourth-order valence-corrected chi connectivity index (χ4v) is 0.789. The first-order chi connectivity index (χ1) is 4.47. The van der Waals surface area contributed by atoms with E-state index in [0.29, 0.717) is 0 Å². The summed E-state index contributed by atoms with van der Waals surface area (Å²) in [6, 6.07) is 3.85. The van der Waals surface area contributed by atoms with Crippen LogP contribution in [0.25, 0.3) is 11.4 Å². The van der Waals surface area contributed by atoms with Crippen molar-refractivity contribution in [3.05, 3.63) is 24.5 Å². The molecule has 0 saturated carbocycles. The van der Waals surface area contributed by atoms with Crippen LogP contribution in [0.2, 0.25) is 0 Å². The van der Waals surface area contributed by atoms with Crippen LogP contribution in [-0.4, -0.2) is 15.2 Å². The molecule has 52 valence electrons. The van der Waals surface area contributed by atoms with Crippen molar-refractivity contribution in [2.45, 2.75) is 0 Å². The van der Waals surface area contributed by atoms with Crippen molar-refractivity contribution in [1.82, 2.24) is 15.2 Å². The molecule has 10 heavy (non-hydrogen) atoms. The lowest BCUT2D eigenvalue weighted by Crippen LogP contribution is -1.84. The lowest BCUT2D eigenvalue weighted by atomic mass is 10.3. The Hall–Kier alpha value is -1.09. The van der Waals surface area contributed by atoms with E-state index in [1.54, 1.807) is 12.4 Å². The van der Waals surface area contributed by atoms with Gasteiger partial charge in [-0.15, -0.1) is 12.4 Å². The monoisotopic (exact) mass is 155 g/mol. The number of nitrogens with zero attached hydrogens (tertiary/aromatic N) is 2. The number of hydrogen-bond donors (Lipinski definition) is 1. The Morgan fingerprint density at radius 3 is 2.80 bits per heavy atom. The normalized spacial score (nSPS) is 9.20. The smallest absolute Gasteiger partial charge is 0.153 e. The van der Waals surface area contributed by atoms with Gasteiger partial charge < -0.3 is 0 Å². The Morgan fingerprint density at radius 2 is 2.00 bits per heavy atom. The van der Waals surface area contributed by atoms with Crippen molar-refractivity contribution in [3.8, 4) is 11.4 Å². The molecule has 2 rings (SSSR count). The Labute approximate surface area is 64.2 Å². The van der Waals surface area contributed by atoms with Crippen LogP contribution in [0.5, 0.6) is 0 Å². The Morgan fingerprint density at radius 1 is 1.20 bits per heavy atom. The van der Waals surface area contributed by atoms with Gasteiger partial charge in [0.05, 0.1) is 0 Å². The summed E-state index contributed by atoms with van der Waals surface area (Å²) in [6.45, 7) is 0. The number of hydrogen-bond acceptors (Lipinski definition) is 2. The molecule has 0 aromatic rings. The van der Waals surface area contributed by atoms with Crippen molar-refractivity contribution < 1.29 is 0 Å². The van der Waals surface area contributed by atoms with Crippen LogP contribution >= 0.6 is 12.4 Å². The molecule has 2 heterocycles. The standard InChI is InChI=1S/C6H5N3.ClH/c1-3-7-6-5(1)2-4-8-9-6;/h1-4H,(H,7,9);1H. The Bertz CT molecular complexity index is 253. The molecule has 0 radical (unpaired) electrons. The molecule has 4 heteroatoms. The molecule has 0 saturated heterocycles. The highest BCUT2D eigenvalue weighted by molar-refractivity contribution is 5.85. The van der Waals surface area contributed by atoms with E-state index in [2.05, 4.69) is 15.2 Å². The van der Waals surface area contributed by atoms with Crippen LogP contribution in [0, 0.1) is 0 Å². The number of aromatic amines is 1. The quantitative estimate of drug-likeness (QED) is 0.624. The third kappa shape index (κ3) is 0.953. The van der Waals surface area contributed by atoms with Gasteiger partial charge in [-0.1, -0.05) is 0 Å². The number of halogens is 1. The first-order valence-electron chi connectivity index (χ1n) is 2.71. The zero-order chi connectivity index (χ0) is 6.10. The van der Waals surface area contributed by atoms with Crippen molar-refractivity contribution in [2.24, 2.45) is 0 Å². The number of rotatable bonds is 0. The van der Waals surface area contributed by atoms with Crippen LogP contribution in [0.15, 0.2) is 24.5 Å². The second-order valence-corrected chi connectivity index (χ2v) is 1.81. The third-order valence-corrected chi connectivity index (χ3v) is 1.23. The molecular formula is C6H6ClN3. The van der Waals surface area contributed by atoms with Crippen molar-refractivity contribution >= 4 is 12.4 Å². The van der Waals surface area contributed by atoms with Crippen molar-refractivity contribution in [2.75, 3.05) is 0 Å². The molecule has 0 aromatic heterocycles.